The third-order valence-electron chi connectivity index (χ3n) is 4.71. The first-order valence-electron chi connectivity index (χ1n) is 8.13. The number of nitrogen functional groups attached to an aromatic ring is 1. The molecule has 0 unspecified atom stereocenters. The van der Waals surface area contributed by atoms with E-state index in [2.05, 4.69) is 10.1 Å². The molecular formula is C18H17ClN6O2. The number of carbonyl (C=O) groups is 1. The third-order valence-corrected chi connectivity index (χ3v) is 5.02. The van der Waals surface area contributed by atoms with E-state index in [0.717, 1.165) is 11.3 Å². The highest BCUT2D eigenvalue weighted by atomic mass is 35.5. The molecule has 27 heavy (non-hydrogen) atoms. The molecule has 1 amide bonds. The summed E-state index contributed by atoms with van der Waals surface area (Å²) >= 11 is 6.52. The Balaban J connectivity index is 2.28. The molecule has 0 fully saturated rings. The van der Waals surface area contributed by atoms with E-state index in [1.54, 1.807) is 28.3 Å². The van der Waals surface area contributed by atoms with E-state index in [1.165, 1.54) is 6.33 Å². The van der Waals surface area contributed by atoms with Crippen molar-refractivity contribution in [2.24, 2.45) is 5.73 Å². The van der Waals surface area contributed by atoms with Crippen LogP contribution < -0.4 is 16.2 Å². The van der Waals surface area contributed by atoms with Gasteiger partial charge in [-0.05, 0) is 32.0 Å². The number of anilines is 1. The van der Waals surface area contributed by atoms with Crippen LogP contribution in [0.3, 0.4) is 0 Å². The zero-order valence-corrected chi connectivity index (χ0v) is 15.7. The van der Waals surface area contributed by atoms with Crippen molar-refractivity contribution in [1.82, 2.24) is 19.2 Å². The molecule has 0 aliphatic heterocycles. The predicted molar refractivity (Wildman–Crippen MR) is 104 cm³/mol. The summed E-state index contributed by atoms with van der Waals surface area (Å²) in [6, 6.07) is 5.30. The van der Waals surface area contributed by atoms with Gasteiger partial charge in [-0.3, -0.25) is 9.36 Å². The number of hydrogen-bond donors (Lipinski definition) is 2. The van der Waals surface area contributed by atoms with Crippen LogP contribution in [-0.4, -0.2) is 32.2 Å². The van der Waals surface area contributed by atoms with Crippen molar-refractivity contribution >= 4 is 39.9 Å². The van der Waals surface area contributed by atoms with Gasteiger partial charge in [-0.2, -0.15) is 5.10 Å². The van der Waals surface area contributed by atoms with E-state index >= 15 is 0 Å². The summed E-state index contributed by atoms with van der Waals surface area (Å²) in [5.74, 6) is 0.198. The average Bonchev–Trinajstić information content (AvgIpc) is 3.19. The zero-order valence-electron chi connectivity index (χ0n) is 14.9. The smallest absolute Gasteiger partial charge is 0.253 e. The molecule has 4 N–H and O–H groups in total. The van der Waals surface area contributed by atoms with E-state index < -0.39 is 5.91 Å². The number of halogens is 1. The number of pyridine rings is 1. The number of primary amides is 1. The molecule has 0 aliphatic rings. The molecular weight excluding hydrogens is 368 g/mol. The molecule has 1 aromatic carbocycles. The maximum atomic E-state index is 12.2. The molecule has 0 bridgehead atoms. The lowest BCUT2D eigenvalue weighted by atomic mass is 10.1. The molecule has 9 heteroatoms. The Morgan fingerprint density at radius 3 is 2.70 bits per heavy atom. The van der Waals surface area contributed by atoms with Crippen LogP contribution >= 0.6 is 11.6 Å². The summed E-state index contributed by atoms with van der Waals surface area (Å²) in [7, 11) is 1.58. The van der Waals surface area contributed by atoms with Crippen LogP contribution in [0.4, 0.5) is 5.82 Å². The number of rotatable bonds is 3. The van der Waals surface area contributed by atoms with Crippen molar-refractivity contribution < 1.29 is 9.53 Å². The van der Waals surface area contributed by atoms with Gasteiger partial charge in [0.25, 0.3) is 5.91 Å². The van der Waals surface area contributed by atoms with Crippen LogP contribution in [0, 0.1) is 13.8 Å². The lowest BCUT2D eigenvalue weighted by molar-refractivity contribution is 0.100. The van der Waals surface area contributed by atoms with Gasteiger partial charge in [0.2, 0.25) is 0 Å². The zero-order chi connectivity index (χ0) is 19.5. The molecule has 0 spiro atoms. The van der Waals surface area contributed by atoms with E-state index in [4.69, 9.17) is 27.8 Å². The van der Waals surface area contributed by atoms with Crippen LogP contribution in [0.2, 0.25) is 5.02 Å². The summed E-state index contributed by atoms with van der Waals surface area (Å²) < 4.78 is 8.79. The van der Waals surface area contributed by atoms with Crippen molar-refractivity contribution in [3.8, 4) is 11.4 Å². The largest absolute Gasteiger partial charge is 0.496 e. The third kappa shape index (κ3) is 2.26. The first-order valence-corrected chi connectivity index (χ1v) is 8.51. The molecule has 0 radical (unpaired) electrons. The van der Waals surface area contributed by atoms with Crippen molar-refractivity contribution in [2.45, 2.75) is 13.8 Å². The number of amides is 1. The molecule has 0 atom stereocenters. The first kappa shape index (κ1) is 17.2. The van der Waals surface area contributed by atoms with E-state index in [0.29, 0.717) is 33.0 Å². The van der Waals surface area contributed by atoms with Gasteiger partial charge < -0.3 is 16.2 Å². The number of ether oxygens (including phenoxy) is 1. The highest BCUT2D eigenvalue weighted by Gasteiger charge is 2.26. The van der Waals surface area contributed by atoms with Gasteiger partial charge in [-0.1, -0.05) is 11.6 Å². The van der Waals surface area contributed by atoms with Gasteiger partial charge in [-0.15, -0.1) is 0 Å². The molecule has 0 saturated heterocycles. The second-order valence-electron chi connectivity index (χ2n) is 6.23. The number of nitrogens with zero attached hydrogens (tertiary/aromatic N) is 4. The van der Waals surface area contributed by atoms with Crippen LogP contribution in [0.5, 0.6) is 5.75 Å². The number of benzene rings is 1. The second-order valence-corrected chi connectivity index (χ2v) is 6.63. The van der Waals surface area contributed by atoms with Gasteiger partial charge in [0.1, 0.15) is 23.4 Å². The monoisotopic (exact) mass is 384 g/mol. The Bertz CT molecular complexity index is 1240. The highest BCUT2D eigenvalue weighted by molar-refractivity contribution is 6.33. The molecule has 4 rings (SSSR count). The van der Waals surface area contributed by atoms with E-state index in [9.17, 15) is 4.79 Å². The summed E-state index contributed by atoms with van der Waals surface area (Å²) in [6.07, 6.45) is 1.44. The lowest BCUT2D eigenvalue weighted by Gasteiger charge is -2.16. The molecule has 3 heterocycles. The van der Waals surface area contributed by atoms with Gasteiger partial charge in [0, 0.05) is 16.6 Å². The fourth-order valence-electron chi connectivity index (χ4n) is 3.54. The van der Waals surface area contributed by atoms with Gasteiger partial charge in [0.05, 0.1) is 23.4 Å². The first-order chi connectivity index (χ1) is 12.9. The molecule has 138 valence electrons. The second kappa shape index (κ2) is 5.88. The Labute approximate surface area is 159 Å². The minimum atomic E-state index is -0.629. The number of aryl methyl sites for hydroxylation is 1. The van der Waals surface area contributed by atoms with Crippen LogP contribution in [0.1, 0.15) is 21.6 Å². The Morgan fingerprint density at radius 2 is 2.04 bits per heavy atom. The molecule has 4 aromatic rings. The molecule has 0 aliphatic carbocycles. The fraction of sp³-hybridized carbons (Fsp3) is 0.167. The Morgan fingerprint density at radius 1 is 1.30 bits per heavy atom. The fourth-order valence-corrected chi connectivity index (χ4v) is 3.83. The van der Waals surface area contributed by atoms with Crippen molar-refractivity contribution in [2.75, 3.05) is 12.8 Å². The van der Waals surface area contributed by atoms with Crippen LogP contribution in [0.15, 0.2) is 24.5 Å². The maximum Gasteiger partial charge on any atom is 0.253 e. The highest BCUT2D eigenvalue weighted by Crippen LogP contribution is 2.39. The van der Waals surface area contributed by atoms with Crippen LogP contribution in [0.25, 0.3) is 22.2 Å². The predicted octanol–water partition coefficient (Wildman–Crippen LogP) is 2.63. The van der Waals surface area contributed by atoms with Crippen molar-refractivity contribution in [3.05, 3.63) is 46.4 Å². The maximum absolute atomic E-state index is 12.2. The Hall–Kier alpha value is -3.26. The number of fused-ring (bicyclic) bond motifs is 3. The minimum absolute atomic E-state index is 0.186. The number of aromatic nitrogens is 4. The average molecular weight is 385 g/mol. The van der Waals surface area contributed by atoms with Gasteiger partial charge >= 0.3 is 0 Å². The summed E-state index contributed by atoms with van der Waals surface area (Å²) in [6.45, 7) is 3.73. The Kier molecular flexibility index (Phi) is 3.74. The van der Waals surface area contributed by atoms with E-state index in [1.807, 2.05) is 19.9 Å². The minimum Gasteiger partial charge on any atom is -0.496 e. The van der Waals surface area contributed by atoms with Gasteiger partial charge in [0.15, 0.2) is 5.65 Å². The van der Waals surface area contributed by atoms with Crippen molar-refractivity contribution in [3.63, 3.8) is 0 Å². The number of nitrogens with two attached hydrogens (primary N) is 2. The van der Waals surface area contributed by atoms with Crippen LogP contribution in [-0.2, 0) is 0 Å². The number of carbonyl (C=O) groups excluding carboxylic acids is 1. The molecule has 0 saturated carbocycles. The molecule has 3 aromatic heterocycles. The standard InChI is InChI=1S/C18H17ClN6O2/c1-8-6-10-13(17(21)26)16(20)24(15(10)18-22-7-23-25(8)18)14-9(2)12(27-3)5-4-11(14)19/h4-7H,20H2,1-3H3,(H2,21,26). The lowest BCUT2D eigenvalue weighted by Crippen LogP contribution is -2.14. The summed E-state index contributed by atoms with van der Waals surface area (Å²) in [4.78, 5) is 16.5. The number of hydrogen-bond acceptors (Lipinski definition) is 5. The number of methoxy groups -OCH3 is 1. The van der Waals surface area contributed by atoms with Crippen molar-refractivity contribution in [1.29, 1.82) is 0 Å². The quantitative estimate of drug-likeness (QED) is 0.563. The van der Waals surface area contributed by atoms with Gasteiger partial charge in [-0.25, -0.2) is 9.50 Å². The van der Waals surface area contributed by atoms with E-state index in [-0.39, 0.29) is 11.4 Å². The SMILES string of the molecule is COc1ccc(Cl)c(-n2c(N)c(C(N)=O)c3cc(C)n4ncnc4c32)c1C. The topological polar surface area (TPSA) is 113 Å². The summed E-state index contributed by atoms with van der Waals surface area (Å²) in [5.41, 5.74) is 15.6. The summed E-state index contributed by atoms with van der Waals surface area (Å²) in [5, 5.41) is 5.29. The molecule has 8 nitrogen and oxygen atoms in total. The normalized spacial score (nSPS) is 11.4.